The van der Waals surface area contributed by atoms with E-state index in [4.69, 9.17) is 5.41 Å². The maximum atomic E-state index is 12.6. The number of rotatable bonds is 6. The van der Waals surface area contributed by atoms with Crippen LogP contribution in [0.3, 0.4) is 0 Å². The Kier molecular flexibility index (Phi) is 5.75. The van der Waals surface area contributed by atoms with Crippen LogP contribution in [0.1, 0.15) is 11.3 Å². The minimum Gasteiger partial charge on any atom is -0.354 e. The summed E-state index contributed by atoms with van der Waals surface area (Å²) in [5, 5.41) is 15.2. The lowest BCUT2D eigenvalue weighted by Gasteiger charge is -2.14. The maximum Gasteiger partial charge on any atom is 0.209 e. The third-order valence-electron chi connectivity index (χ3n) is 4.70. The first-order valence-electron chi connectivity index (χ1n) is 9.65. The molecule has 2 aromatic carbocycles. The molecule has 4 aromatic rings. The summed E-state index contributed by atoms with van der Waals surface area (Å²) < 4.78 is 1.67. The van der Waals surface area contributed by atoms with E-state index in [0.717, 1.165) is 34.3 Å². The second-order valence-corrected chi connectivity index (χ2v) is 6.84. The van der Waals surface area contributed by atoms with Gasteiger partial charge in [0.25, 0.3) is 0 Å². The zero-order valence-electron chi connectivity index (χ0n) is 16.9. The van der Waals surface area contributed by atoms with Gasteiger partial charge in [-0.1, -0.05) is 24.3 Å². The molecule has 0 bridgehead atoms. The van der Waals surface area contributed by atoms with Crippen molar-refractivity contribution in [1.82, 2.24) is 19.7 Å². The van der Waals surface area contributed by atoms with Crippen molar-refractivity contribution in [2.24, 2.45) is 0 Å². The SMILES string of the molecule is Cc1cc(-c2cncnc2)ccc1-n1ccc(=O)c(/C(=C/C=N)Nc2ccccc2)n1. The second-order valence-electron chi connectivity index (χ2n) is 6.84. The van der Waals surface area contributed by atoms with E-state index in [0.29, 0.717) is 5.70 Å². The monoisotopic (exact) mass is 408 g/mol. The summed E-state index contributed by atoms with van der Waals surface area (Å²) in [5.74, 6) is 0. The maximum absolute atomic E-state index is 12.6. The Labute approximate surface area is 179 Å². The van der Waals surface area contributed by atoms with Crippen molar-refractivity contribution in [1.29, 1.82) is 5.41 Å². The summed E-state index contributed by atoms with van der Waals surface area (Å²) in [7, 11) is 0. The van der Waals surface area contributed by atoms with Crippen molar-refractivity contribution in [3.8, 4) is 16.8 Å². The number of para-hydroxylation sites is 1. The van der Waals surface area contributed by atoms with Crippen LogP contribution in [0.2, 0.25) is 0 Å². The van der Waals surface area contributed by atoms with Gasteiger partial charge >= 0.3 is 0 Å². The fourth-order valence-corrected chi connectivity index (χ4v) is 3.21. The summed E-state index contributed by atoms with van der Waals surface area (Å²) in [4.78, 5) is 20.7. The van der Waals surface area contributed by atoms with Gasteiger partial charge < -0.3 is 10.7 Å². The van der Waals surface area contributed by atoms with Gasteiger partial charge in [0.15, 0.2) is 5.69 Å². The summed E-state index contributed by atoms with van der Waals surface area (Å²) in [6.45, 7) is 1.98. The Bertz CT molecular complexity index is 1300. The molecule has 31 heavy (non-hydrogen) atoms. The van der Waals surface area contributed by atoms with E-state index in [9.17, 15) is 4.79 Å². The lowest BCUT2D eigenvalue weighted by molar-refractivity contribution is 0.819. The summed E-state index contributed by atoms with van der Waals surface area (Å²) in [6, 6.07) is 16.9. The first-order chi connectivity index (χ1) is 15.2. The van der Waals surface area contributed by atoms with Gasteiger partial charge in [-0.3, -0.25) is 4.79 Å². The van der Waals surface area contributed by atoms with E-state index >= 15 is 0 Å². The Balaban J connectivity index is 1.73. The Hall–Kier alpha value is -4.39. The molecule has 0 aliphatic heterocycles. The minimum absolute atomic E-state index is 0.231. The molecule has 2 N–H and O–H groups in total. The Morgan fingerprint density at radius 3 is 2.52 bits per heavy atom. The fourth-order valence-electron chi connectivity index (χ4n) is 3.21. The zero-order valence-corrected chi connectivity index (χ0v) is 16.9. The Morgan fingerprint density at radius 2 is 1.81 bits per heavy atom. The summed E-state index contributed by atoms with van der Waals surface area (Å²) in [5.41, 5.74) is 5.01. The summed E-state index contributed by atoms with van der Waals surface area (Å²) >= 11 is 0. The molecule has 0 saturated carbocycles. The molecule has 0 saturated heterocycles. The van der Waals surface area contributed by atoms with Gasteiger partial charge in [0.2, 0.25) is 5.43 Å². The van der Waals surface area contributed by atoms with E-state index in [1.807, 2.05) is 55.5 Å². The third kappa shape index (κ3) is 4.45. The number of anilines is 1. The number of aromatic nitrogens is 4. The van der Waals surface area contributed by atoms with Gasteiger partial charge in [-0.2, -0.15) is 5.10 Å². The number of benzene rings is 2. The molecule has 0 atom stereocenters. The molecule has 0 aliphatic carbocycles. The highest BCUT2D eigenvalue weighted by Gasteiger charge is 2.12. The van der Waals surface area contributed by atoms with E-state index in [2.05, 4.69) is 20.4 Å². The van der Waals surface area contributed by atoms with Crippen LogP contribution in [-0.2, 0) is 0 Å². The molecule has 7 nitrogen and oxygen atoms in total. The van der Waals surface area contributed by atoms with Gasteiger partial charge in [-0.15, -0.1) is 0 Å². The van der Waals surface area contributed by atoms with Gasteiger partial charge in [-0.25, -0.2) is 14.6 Å². The molecule has 0 aliphatic rings. The quantitative estimate of drug-likeness (QED) is 0.468. The molecule has 0 spiro atoms. The first kappa shape index (κ1) is 19.9. The molecule has 0 unspecified atom stereocenters. The lowest BCUT2D eigenvalue weighted by atomic mass is 10.1. The van der Waals surface area contributed by atoms with Crippen molar-refractivity contribution in [2.45, 2.75) is 6.92 Å². The smallest absolute Gasteiger partial charge is 0.209 e. The molecular weight excluding hydrogens is 388 g/mol. The van der Waals surface area contributed by atoms with Crippen LogP contribution < -0.4 is 10.7 Å². The molecule has 7 heteroatoms. The first-order valence-corrected chi connectivity index (χ1v) is 9.65. The molecule has 4 rings (SSSR count). The van der Waals surface area contributed by atoms with Gasteiger partial charge in [0.1, 0.15) is 6.33 Å². The number of nitrogens with zero attached hydrogens (tertiary/aromatic N) is 4. The molecule has 2 heterocycles. The standard InChI is InChI=1S/C24H20N6O/c1-17-13-18(19-14-26-16-27-15-19)7-8-22(17)30-12-10-23(31)24(29-30)21(9-11-25)28-20-5-3-2-4-6-20/h2-16,25,28H,1H3/b21-9-,25-11?. The van der Waals surface area contributed by atoms with Crippen molar-refractivity contribution in [3.05, 3.63) is 107 Å². The van der Waals surface area contributed by atoms with Crippen LogP contribution in [0, 0.1) is 12.3 Å². The fraction of sp³-hybridized carbons (Fsp3) is 0.0417. The average molecular weight is 408 g/mol. The number of allylic oxidation sites excluding steroid dienone is 1. The van der Waals surface area contributed by atoms with E-state index in [1.54, 1.807) is 23.3 Å². The number of aryl methyl sites for hydroxylation is 1. The predicted molar refractivity (Wildman–Crippen MR) is 122 cm³/mol. The number of nitrogens with one attached hydrogen (secondary N) is 2. The lowest BCUT2D eigenvalue weighted by Crippen LogP contribution is -2.18. The average Bonchev–Trinajstić information content (AvgIpc) is 2.80. The zero-order chi connectivity index (χ0) is 21.6. The summed E-state index contributed by atoms with van der Waals surface area (Å²) in [6.07, 6.45) is 9.32. The van der Waals surface area contributed by atoms with E-state index < -0.39 is 0 Å². The van der Waals surface area contributed by atoms with Crippen LogP contribution in [0.15, 0.2) is 90.4 Å². The molecule has 0 fully saturated rings. The normalized spacial score (nSPS) is 11.2. The minimum atomic E-state index is -0.233. The van der Waals surface area contributed by atoms with Crippen LogP contribution in [-0.4, -0.2) is 26.0 Å². The predicted octanol–water partition coefficient (Wildman–Crippen LogP) is 4.10. The highest BCUT2D eigenvalue weighted by atomic mass is 16.1. The molecular formula is C24H20N6O. The van der Waals surface area contributed by atoms with E-state index in [-0.39, 0.29) is 11.1 Å². The number of hydrogen-bond donors (Lipinski definition) is 2. The van der Waals surface area contributed by atoms with Crippen molar-refractivity contribution in [2.75, 3.05) is 5.32 Å². The molecule has 152 valence electrons. The van der Waals surface area contributed by atoms with Crippen LogP contribution in [0.4, 0.5) is 5.69 Å². The third-order valence-corrected chi connectivity index (χ3v) is 4.70. The molecule has 0 radical (unpaired) electrons. The highest BCUT2D eigenvalue weighted by molar-refractivity contribution is 5.86. The molecule has 0 amide bonds. The topological polar surface area (TPSA) is 96.5 Å². The van der Waals surface area contributed by atoms with Gasteiger partial charge in [0.05, 0.1) is 11.4 Å². The largest absolute Gasteiger partial charge is 0.354 e. The second kappa shape index (κ2) is 8.96. The Morgan fingerprint density at radius 1 is 1.03 bits per heavy atom. The van der Waals surface area contributed by atoms with Crippen LogP contribution in [0.25, 0.3) is 22.5 Å². The highest BCUT2D eigenvalue weighted by Crippen LogP contribution is 2.23. The van der Waals surface area contributed by atoms with Gasteiger partial charge in [0, 0.05) is 42.1 Å². The van der Waals surface area contributed by atoms with Gasteiger partial charge in [-0.05, 0) is 48.4 Å². The molecule has 2 aromatic heterocycles. The van der Waals surface area contributed by atoms with Crippen molar-refractivity contribution < 1.29 is 0 Å². The number of hydrogen-bond acceptors (Lipinski definition) is 6. The van der Waals surface area contributed by atoms with Crippen molar-refractivity contribution in [3.63, 3.8) is 0 Å². The van der Waals surface area contributed by atoms with Crippen LogP contribution >= 0.6 is 0 Å². The van der Waals surface area contributed by atoms with Crippen molar-refractivity contribution >= 4 is 17.6 Å². The van der Waals surface area contributed by atoms with E-state index in [1.165, 1.54) is 18.5 Å². The van der Waals surface area contributed by atoms with Crippen LogP contribution in [0.5, 0.6) is 0 Å².